The van der Waals surface area contributed by atoms with E-state index < -0.39 is 32.5 Å². The zero-order valence-electron chi connectivity index (χ0n) is 17.5. The highest BCUT2D eigenvalue weighted by Crippen LogP contribution is 2.30. The highest BCUT2D eigenvalue weighted by molar-refractivity contribution is 7.92. The van der Waals surface area contributed by atoms with Gasteiger partial charge in [-0.15, -0.1) is 0 Å². The van der Waals surface area contributed by atoms with Crippen LogP contribution in [0.1, 0.15) is 0 Å². The molecule has 0 saturated carbocycles. The molecule has 180 valence electrons. The van der Waals surface area contributed by atoms with Crippen LogP contribution in [0.15, 0.2) is 71.6 Å². The van der Waals surface area contributed by atoms with E-state index in [9.17, 15) is 21.6 Å². The molecule has 0 bridgehead atoms. The van der Waals surface area contributed by atoms with Gasteiger partial charge in [-0.3, -0.25) is 13.8 Å². The van der Waals surface area contributed by atoms with Crippen molar-refractivity contribution in [3.8, 4) is 0 Å². The number of hydrogen-bond donors (Lipinski definition) is 2. The molecule has 0 aliphatic rings. The van der Waals surface area contributed by atoms with E-state index in [1.165, 1.54) is 54.6 Å². The van der Waals surface area contributed by atoms with Crippen molar-refractivity contribution in [2.75, 3.05) is 27.1 Å². The van der Waals surface area contributed by atoms with E-state index >= 15 is 0 Å². The first-order valence-electron chi connectivity index (χ1n) is 9.46. The zero-order valence-corrected chi connectivity index (χ0v) is 21.4. The van der Waals surface area contributed by atoms with Gasteiger partial charge in [0.25, 0.3) is 10.0 Å². The Labute approximate surface area is 212 Å². The summed E-state index contributed by atoms with van der Waals surface area (Å²) in [4.78, 5) is 12.5. The van der Waals surface area contributed by atoms with Crippen LogP contribution in [0.2, 0.25) is 15.1 Å². The van der Waals surface area contributed by atoms with Crippen LogP contribution in [0.4, 0.5) is 17.1 Å². The molecule has 3 rings (SSSR count). The molecule has 13 heteroatoms. The van der Waals surface area contributed by atoms with E-state index in [1.54, 1.807) is 12.1 Å². The van der Waals surface area contributed by atoms with Crippen LogP contribution in [0, 0.1) is 0 Å². The number of sulfonamides is 2. The maximum absolute atomic E-state index is 12.6. The molecular weight excluding hydrogens is 545 g/mol. The average molecular weight is 563 g/mol. The molecule has 3 aromatic carbocycles. The van der Waals surface area contributed by atoms with Gasteiger partial charge in [0.1, 0.15) is 6.54 Å². The lowest BCUT2D eigenvalue weighted by atomic mass is 10.3. The molecule has 8 nitrogen and oxygen atoms in total. The molecule has 0 heterocycles. The molecule has 0 aliphatic heterocycles. The third-order valence-corrected chi connectivity index (χ3v) is 7.72. The zero-order chi connectivity index (χ0) is 25.1. The maximum Gasteiger partial charge on any atom is 0.261 e. The number of amides is 1. The van der Waals surface area contributed by atoms with Gasteiger partial charge in [-0.2, -0.15) is 0 Å². The summed E-state index contributed by atoms with van der Waals surface area (Å²) in [6.07, 6.45) is 0.943. The predicted octanol–water partition coefficient (Wildman–Crippen LogP) is 4.85. The number of carbonyl (C=O) groups excluding carboxylic acids is 1. The second kappa shape index (κ2) is 10.4. The van der Waals surface area contributed by atoms with E-state index in [0.29, 0.717) is 15.7 Å². The van der Waals surface area contributed by atoms with Crippen LogP contribution >= 0.6 is 34.8 Å². The smallest absolute Gasteiger partial charge is 0.261 e. The Balaban J connectivity index is 1.72. The minimum absolute atomic E-state index is 0.0360. The molecule has 0 aromatic heterocycles. The Morgan fingerprint density at radius 2 is 1.38 bits per heavy atom. The Morgan fingerprint density at radius 3 is 1.94 bits per heavy atom. The van der Waals surface area contributed by atoms with Crippen LogP contribution in [-0.4, -0.2) is 35.5 Å². The van der Waals surface area contributed by atoms with Crippen molar-refractivity contribution in [2.24, 2.45) is 0 Å². The minimum atomic E-state index is -3.87. The number of nitrogens with one attached hydrogen (secondary N) is 2. The Morgan fingerprint density at radius 1 is 0.824 bits per heavy atom. The lowest BCUT2D eigenvalue weighted by Gasteiger charge is -2.23. The van der Waals surface area contributed by atoms with Gasteiger partial charge in [0.15, 0.2) is 0 Å². The quantitative estimate of drug-likeness (QED) is 0.407. The third kappa shape index (κ3) is 6.77. The highest BCUT2D eigenvalue weighted by atomic mass is 35.5. The highest BCUT2D eigenvalue weighted by Gasteiger charge is 2.23. The van der Waals surface area contributed by atoms with Gasteiger partial charge in [-0.05, 0) is 66.7 Å². The number of benzene rings is 3. The Bertz CT molecular complexity index is 1410. The molecule has 0 atom stereocenters. The van der Waals surface area contributed by atoms with Crippen LogP contribution in [0.25, 0.3) is 0 Å². The fourth-order valence-corrected chi connectivity index (χ4v) is 5.46. The van der Waals surface area contributed by atoms with E-state index in [-0.39, 0.29) is 21.3 Å². The molecule has 3 aromatic rings. The number of anilines is 3. The van der Waals surface area contributed by atoms with Gasteiger partial charge in [0.05, 0.1) is 21.9 Å². The largest absolute Gasteiger partial charge is 0.325 e. The molecule has 34 heavy (non-hydrogen) atoms. The fourth-order valence-electron chi connectivity index (χ4n) is 2.84. The predicted molar refractivity (Wildman–Crippen MR) is 136 cm³/mol. The molecule has 0 fully saturated rings. The maximum atomic E-state index is 12.6. The van der Waals surface area contributed by atoms with Crippen molar-refractivity contribution >= 4 is 77.8 Å². The van der Waals surface area contributed by atoms with E-state index in [1.807, 2.05) is 0 Å². The molecule has 0 spiro atoms. The SMILES string of the molecule is CS(=O)(=O)N(CC(=O)Nc1ccc(S(=O)(=O)Nc2ccc(Cl)cc2)cc1)c1ccc(Cl)cc1Cl. The summed E-state index contributed by atoms with van der Waals surface area (Å²) in [7, 11) is -7.72. The van der Waals surface area contributed by atoms with Crippen molar-refractivity contribution in [2.45, 2.75) is 4.90 Å². The summed E-state index contributed by atoms with van der Waals surface area (Å²) in [5, 5.41) is 3.38. The minimum Gasteiger partial charge on any atom is -0.325 e. The summed E-state index contributed by atoms with van der Waals surface area (Å²) in [5.74, 6) is -0.661. The topological polar surface area (TPSA) is 113 Å². The lowest BCUT2D eigenvalue weighted by Crippen LogP contribution is -2.37. The summed E-state index contributed by atoms with van der Waals surface area (Å²) < 4.78 is 52.9. The molecule has 0 unspecified atom stereocenters. The number of rotatable bonds is 8. The van der Waals surface area contributed by atoms with Gasteiger partial charge >= 0.3 is 0 Å². The first kappa shape index (κ1) is 26.1. The second-order valence-electron chi connectivity index (χ2n) is 7.05. The second-order valence-corrected chi connectivity index (χ2v) is 11.9. The monoisotopic (exact) mass is 561 g/mol. The number of nitrogens with zero attached hydrogens (tertiary/aromatic N) is 1. The van der Waals surface area contributed by atoms with Crippen LogP contribution in [0.3, 0.4) is 0 Å². The summed E-state index contributed by atoms with van der Waals surface area (Å²) in [6, 6.07) is 15.7. The van der Waals surface area contributed by atoms with Gasteiger partial charge < -0.3 is 5.32 Å². The van der Waals surface area contributed by atoms with E-state index in [0.717, 1.165) is 10.6 Å². The number of carbonyl (C=O) groups is 1. The first-order valence-corrected chi connectivity index (χ1v) is 13.9. The lowest BCUT2D eigenvalue weighted by molar-refractivity contribution is -0.114. The van der Waals surface area contributed by atoms with Crippen LogP contribution in [0.5, 0.6) is 0 Å². The molecular formula is C21H18Cl3N3O5S2. The normalized spacial score (nSPS) is 11.6. The summed E-state index contributed by atoms with van der Waals surface area (Å²) in [5.41, 5.74) is 0.702. The van der Waals surface area contributed by atoms with Gasteiger partial charge in [0.2, 0.25) is 15.9 Å². The van der Waals surface area contributed by atoms with Gasteiger partial charge in [-0.1, -0.05) is 34.8 Å². The molecule has 0 saturated heterocycles. The Kier molecular flexibility index (Phi) is 7.99. The van der Waals surface area contributed by atoms with Gasteiger partial charge in [0, 0.05) is 21.4 Å². The van der Waals surface area contributed by atoms with Crippen LogP contribution in [-0.2, 0) is 24.8 Å². The van der Waals surface area contributed by atoms with Crippen molar-refractivity contribution in [3.63, 3.8) is 0 Å². The number of halogens is 3. The summed E-state index contributed by atoms with van der Waals surface area (Å²) >= 11 is 17.8. The standard InChI is InChI=1S/C21H18Cl3N3O5S2/c1-33(29,30)27(20-11-4-15(23)12-19(20)24)13-21(28)25-16-7-9-18(10-8-16)34(31,32)26-17-5-2-14(22)3-6-17/h2-12,26H,13H2,1H3,(H,25,28). The summed E-state index contributed by atoms with van der Waals surface area (Å²) in [6.45, 7) is -0.557. The number of hydrogen-bond acceptors (Lipinski definition) is 5. The molecule has 0 aliphatic carbocycles. The van der Waals surface area contributed by atoms with Crippen molar-refractivity contribution in [3.05, 3.63) is 81.8 Å². The Hall–Kier alpha value is -2.50. The van der Waals surface area contributed by atoms with E-state index in [4.69, 9.17) is 34.8 Å². The van der Waals surface area contributed by atoms with Crippen LogP contribution < -0.4 is 14.3 Å². The molecule has 2 N–H and O–H groups in total. The van der Waals surface area contributed by atoms with Crippen molar-refractivity contribution in [1.82, 2.24) is 0 Å². The molecule has 1 amide bonds. The van der Waals surface area contributed by atoms with Gasteiger partial charge in [-0.25, -0.2) is 16.8 Å². The molecule has 0 radical (unpaired) electrons. The van der Waals surface area contributed by atoms with E-state index in [2.05, 4.69) is 10.0 Å². The average Bonchev–Trinajstić information content (AvgIpc) is 2.74. The third-order valence-electron chi connectivity index (χ3n) is 4.41. The first-order chi connectivity index (χ1) is 15.8. The fraction of sp³-hybridized carbons (Fsp3) is 0.0952. The van der Waals surface area contributed by atoms with Crippen molar-refractivity contribution in [1.29, 1.82) is 0 Å². The van der Waals surface area contributed by atoms with Crippen molar-refractivity contribution < 1.29 is 21.6 Å².